The first-order valence-corrected chi connectivity index (χ1v) is 10.3. The third kappa shape index (κ3) is 5.02. The monoisotopic (exact) mass is 444 g/mol. The molecule has 162 valence electrons. The predicted octanol–water partition coefficient (Wildman–Crippen LogP) is 4.54. The Balaban J connectivity index is 1.76. The largest absolute Gasteiger partial charge is 0.461 e. The number of carbonyl (C=O) groups excluding carboxylic acids is 3. The van der Waals surface area contributed by atoms with Gasteiger partial charge in [-0.25, -0.2) is 0 Å². The van der Waals surface area contributed by atoms with Crippen LogP contribution >= 0.6 is 11.8 Å². The van der Waals surface area contributed by atoms with Crippen LogP contribution in [0, 0.1) is 17.0 Å². The summed E-state index contributed by atoms with van der Waals surface area (Å²) in [7, 11) is 0. The second-order valence-electron chi connectivity index (χ2n) is 6.94. The number of nitrogens with zero attached hydrogens (tertiary/aromatic N) is 2. The number of aryl methyl sites for hydroxylation is 1. The van der Waals surface area contributed by atoms with Crippen molar-refractivity contribution in [3.05, 3.63) is 56.7 Å². The molecule has 0 aliphatic carbocycles. The van der Waals surface area contributed by atoms with Gasteiger partial charge in [-0.05, 0) is 44.2 Å². The molecule has 0 N–H and O–H groups in total. The van der Waals surface area contributed by atoms with Gasteiger partial charge in [0.2, 0.25) is 0 Å². The lowest BCUT2D eigenvalue weighted by molar-refractivity contribution is -0.385. The number of carbonyl (C=O) groups is 3. The molecular formula is C21H20N2O7S. The van der Waals surface area contributed by atoms with Gasteiger partial charge in [-0.2, -0.15) is 0 Å². The highest BCUT2D eigenvalue weighted by Gasteiger charge is 2.37. The molecule has 2 aromatic rings. The van der Waals surface area contributed by atoms with Crippen molar-refractivity contribution in [3.8, 4) is 11.3 Å². The highest BCUT2D eigenvalue weighted by Crippen LogP contribution is 2.34. The molecule has 1 aliphatic rings. The normalized spacial score (nSPS) is 16.1. The second kappa shape index (κ2) is 9.17. The zero-order valence-electron chi connectivity index (χ0n) is 17.1. The van der Waals surface area contributed by atoms with E-state index < -0.39 is 28.6 Å². The molecule has 1 aromatic carbocycles. The lowest BCUT2D eigenvalue weighted by Gasteiger charge is -2.14. The Morgan fingerprint density at radius 2 is 2.06 bits per heavy atom. The van der Waals surface area contributed by atoms with Crippen LogP contribution in [-0.4, -0.2) is 39.6 Å². The van der Waals surface area contributed by atoms with Crippen molar-refractivity contribution in [1.29, 1.82) is 0 Å². The molecule has 3 rings (SSSR count). The molecule has 10 heteroatoms. The molecule has 0 unspecified atom stereocenters. The van der Waals surface area contributed by atoms with Gasteiger partial charge in [-0.15, -0.1) is 0 Å². The van der Waals surface area contributed by atoms with Crippen molar-refractivity contribution < 1.29 is 28.5 Å². The molecule has 1 saturated heterocycles. The molecule has 0 radical (unpaired) electrons. The van der Waals surface area contributed by atoms with E-state index in [1.807, 2.05) is 6.92 Å². The minimum absolute atomic E-state index is 0.0270. The van der Waals surface area contributed by atoms with Crippen LogP contribution in [0.25, 0.3) is 17.4 Å². The van der Waals surface area contributed by atoms with Gasteiger partial charge in [-0.3, -0.25) is 29.4 Å². The molecular weight excluding hydrogens is 424 g/mol. The first-order valence-electron chi connectivity index (χ1n) is 9.49. The predicted molar refractivity (Wildman–Crippen MR) is 114 cm³/mol. The highest BCUT2D eigenvalue weighted by molar-refractivity contribution is 8.18. The van der Waals surface area contributed by atoms with Gasteiger partial charge in [0.1, 0.15) is 18.1 Å². The Bertz CT molecular complexity index is 1090. The summed E-state index contributed by atoms with van der Waals surface area (Å²) in [4.78, 5) is 48.2. The van der Waals surface area contributed by atoms with E-state index in [1.54, 1.807) is 38.1 Å². The summed E-state index contributed by atoms with van der Waals surface area (Å²) in [6, 6.07) is 7.94. The minimum Gasteiger partial charge on any atom is -0.461 e. The van der Waals surface area contributed by atoms with Gasteiger partial charge in [0.15, 0.2) is 0 Å². The summed E-state index contributed by atoms with van der Waals surface area (Å²) in [5.41, 5.74) is 1.01. The summed E-state index contributed by atoms with van der Waals surface area (Å²) in [5, 5.41) is 10.6. The number of furan rings is 1. The Morgan fingerprint density at radius 3 is 2.74 bits per heavy atom. The van der Waals surface area contributed by atoms with Crippen molar-refractivity contribution in [1.82, 2.24) is 4.90 Å². The van der Waals surface area contributed by atoms with Gasteiger partial charge in [0.05, 0.1) is 15.9 Å². The van der Waals surface area contributed by atoms with Crippen molar-refractivity contribution in [3.63, 3.8) is 0 Å². The first kappa shape index (κ1) is 22.3. The maximum Gasteiger partial charge on any atom is 0.326 e. The Hall–Kier alpha value is -3.40. The first-order chi connectivity index (χ1) is 14.7. The van der Waals surface area contributed by atoms with E-state index in [-0.39, 0.29) is 16.7 Å². The van der Waals surface area contributed by atoms with Crippen LogP contribution in [0.15, 0.2) is 39.7 Å². The van der Waals surface area contributed by atoms with E-state index in [1.165, 1.54) is 12.1 Å². The Labute approximate surface area is 182 Å². The van der Waals surface area contributed by atoms with Crippen molar-refractivity contribution in [2.45, 2.75) is 33.3 Å². The molecule has 1 aromatic heterocycles. The fraction of sp³-hybridized carbons (Fsp3) is 0.286. The fourth-order valence-corrected chi connectivity index (χ4v) is 3.60. The number of hydrogen-bond donors (Lipinski definition) is 0. The van der Waals surface area contributed by atoms with E-state index in [0.29, 0.717) is 40.8 Å². The number of hydrogen-bond acceptors (Lipinski definition) is 8. The molecule has 1 atom stereocenters. The number of thioether (sulfide) groups is 1. The van der Waals surface area contributed by atoms with E-state index >= 15 is 0 Å². The van der Waals surface area contributed by atoms with E-state index in [0.717, 1.165) is 4.90 Å². The molecule has 1 aliphatic heterocycles. The lowest BCUT2D eigenvalue weighted by Crippen LogP contribution is -2.35. The zero-order chi connectivity index (χ0) is 22.7. The third-order valence-electron chi connectivity index (χ3n) is 4.66. The SMILES string of the molecule is CC[C@H](C)OC(=O)CN1C(=O)S/C(=C/c2ccc(-c3ccc(C)c([N+](=O)[O-])c3)o2)C1=O. The lowest BCUT2D eigenvalue weighted by atomic mass is 10.1. The number of ether oxygens (including phenoxy) is 1. The summed E-state index contributed by atoms with van der Waals surface area (Å²) in [6.07, 6.45) is 1.72. The average molecular weight is 444 g/mol. The molecule has 0 saturated carbocycles. The van der Waals surface area contributed by atoms with Gasteiger partial charge in [0, 0.05) is 23.3 Å². The van der Waals surface area contributed by atoms with E-state index in [2.05, 4.69) is 0 Å². The number of rotatable bonds is 7. The van der Waals surface area contributed by atoms with Crippen molar-refractivity contribution in [2.75, 3.05) is 6.54 Å². The van der Waals surface area contributed by atoms with Gasteiger partial charge in [0.25, 0.3) is 16.8 Å². The summed E-state index contributed by atoms with van der Waals surface area (Å²) < 4.78 is 10.8. The quantitative estimate of drug-likeness (QED) is 0.264. The number of nitro groups is 1. The molecule has 0 spiro atoms. The molecule has 2 heterocycles. The second-order valence-corrected chi connectivity index (χ2v) is 7.93. The fourth-order valence-electron chi connectivity index (χ4n) is 2.78. The Morgan fingerprint density at radius 1 is 1.32 bits per heavy atom. The summed E-state index contributed by atoms with van der Waals surface area (Å²) in [5.74, 6) is -0.587. The van der Waals surface area contributed by atoms with Crippen LogP contribution < -0.4 is 0 Å². The molecule has 1 fully saturated rings. The number of imide groups is 1. The summed E-state index contributed by atoms with van der Waals surface area (Å²) >= 11 is 0.698. The maximum absolute atomic E-state index is 12.5. The van der Waals surface area contributed by atoms with Gasteiger partial charge >= 0.3 is 5.97 Å². The minimum atomic E-state index is -0.654. The van der Waals surface area contributed by atoms with Gasteiger partial charge < -0.3 is 9.15 Å². The standard InChI is InChI=1S/C21H20N2O7S/c1-4-13(3)29-19(24)11-22-20(25)18(31-21(22)26)10-15-7-8-17(30-15)14-6-5-12(2)16(9-14)23(27)28/h5-10,13H,4,11H2,1-3H3/b18-10+/t13-/m0/s1. The molecule has 31 heavy (non-hydrogen) atoms. The van der Waals surface area contributed by atoms with Crippen LogP contribution in [0.3, 0.4) is 0 Å². The number of benzene rings is 1. The Kier molecular flexibility index (Phi) is 6.59. The number of esters is 1. The van der Waals surface area contributed by atoms with Crippen molar-refractivity contribution >= 4 is 40.6 Å². The zero-order valence-corrected chi connectivity index (χ0v) is 17.9. The average Bonchev–Trinajstić information content (AvgIpc) is 3.28. The maximum atomic E-state index is 12.5. The number of nitro benzene ring substituents is 1. The highest BCUT2D eigenvalue weighted by atomic mass is 32.2. The third-order valence-corrected chi connectivity index (χ3v) is 5.57. The van der Waals surface area contributed by atoms with Crippen LogP contribution in [0.1, 0.15) is 31.6 Å². The van der Waals surface area contributed by atoms with E-state index in [4.69, 9.17) is 9.15 Å². The van der Waals surface area contributed by atoms with Gasteiger partial charge in [-0.1, -0.05) is 19.1 Å². The number of amides is 2. The van der Waals surface area contributed by atoms with Crippen LogP contribution in [0.4, 0.5) is 10.5 Å². The molecule has 0 bridgehead atoms. The van der Waals surface area contributed by atoms with Crippen LogP contribution in [0.5, 0.6) is 0 Å². The summed E-state index contributed by atoms with van der Waals surface area (Å²) in [6.45, 7) is 4.77. The van der Waals surface area contributed by atoms with Crippen LogP contribution in [-0.2, 0) is 14.3 Å². The van der Waals surface area contributed by atoms with Crippen molar-refractivity contribution in [2.24, 2.45) is 0 Å². The molecule has 9 nitrogen and oxygen atoms in total. The molecule has 2 amide bonds. The smallest absolute Gasteiger partial charge is 0.326 e. The topological polar surface area (TPSA) is 120 Å². The van der Waals surface area contributed by atoms with E-state index in [9.17, 15) is 24.5 Å². The van der Waals surface area contributed by atoms with Crippen LogP contribution in [0.2, 0.25) is 0 Å².